The quantitative estimate of drug-likeness (QED) is 0.690. The van der Waals surface area contributed by atoms with E-state index in [1.807, 2.05) is 0 Å². The van der Waals surface area contributed by atoms with Gasteiger partial charge in [-0.3, -0.25) is 15.1 Å². The summed E-state index contributed by atoms with van der Waals surface area (Å²) in [5, 5.41) is 6.11. The predicted molar refractivity (Wildman–Crippen MR) is 63.3 cm³/mol. The highest BCUT2D eigenvalue weighted by Crippen LogP contribution is 2.23. The molecule has 0 saturated carbocycles. The van der Waals surface area contributed by atoms with Gasteiger partial charge in [-0.25, -0.2) is 0 Å². The molecule has 2 rings (SSSR count). The Morgan fingerprint density at radius 1 is 1.56 bits per heavy atom. The SMILES string of the molecule is CCCN=C1NC(=O)C2(CCCN(C)C2)N1. The summed E-state index contributed by atoms with van der Waals surface area (Å²) in [5.74, 6) is 0.732. The second-order valence-electron chi connectivity index (χ2n) is 4.73. The number of carbonyl (C=O) groups excluding carboxylic acids is 1. The molecule has 2 aliphatic rings. The zero-order valence-electron chi connectivity index (χ0n) is 10.0. The first-order valence-electron chi connectivity index (χ1n) is 5.99. The van der Waals surface area contributed by atoms with Gasteiger partial charge in [0.05, 0.1) is 0 Å². The fourth-order valence-electron chi connectivity index (χ4n) is 2.40. The lowest BCUT2D eigenvalue weighted by Gasteiger charge is -2.36. The van der Waals surface area contributed by atoms with Crippen LogP contribution in [0.5, 0.6) is 0 Å². The Bertz CT molecular complexity index is 315. The van der Waals surface area contributed by atoms with Gasteiger partial charge < -0.3 is 10.2 Å². The highest BCUT2D eigenvalue weighted by molar-refractivity contribution is 6.09. The number of piperidine rings is 1. The average molecular weight is 224 g/mol. The highest BCUT2D eigenvalue weighted by atomic mass is 16.2. The van der Waals surface area contributed by atoms with Gasteiger partial charge in [-0.15, -0.1) is 0 Å². The molecule has 0 aromatic carbocycles. The number of amides is 1. The maximum atomic E-state index is 12.0. The summed E-state index contributed by atoms with van der Waals surface area (Å²) < 4.78 is 0. The van der Waals surface area contributed by atoms with Crippen molar-refractivity contribution in [2.24, 2.45) is 4.99 Å². The second kappa shape index (κ2) is 4.41. The first kappa shape index (κ1) is 11.4. The van der Waals surface area contributed by atoms with Crippen LogP contribution in [0.3, 0.4) is 0 Å². The number of rotatable bonds is 2. The van der Waals surface area contributed by atoms with Crippen LogP contribution < -0.4 is 10.6 Å². The molecule has 0 aromatic rings. The first-order valence-corrected chi connectivity index (χ1v) is 5.99. The van der Waals surface area contributed by atoms with Gasteiger partial charge in [0.15, 0.2) is 5.96 Å². The zero-order valence-corrected chi connectivity index (χ0v) is 10.0. The van der Waals surface area contributed by atoms with Crippen LogP contribution in [0.25, 0.3) is 0 Å². The van der Waals surface area contributed by atoms with Crippen molar-refractivity contribution in [2.45, 2.75) is 31.7 Å². The molecule has 0 aromatic heterocycles. The number of carbonyl (C=O) groups is 1. The molecule has 16 heavy (non-hydrogen) atoms. The van der Waals surface area contributed by atoms with Crippen molar-refractivity contribution in [3.63, 3.8) is 0 Å². The van der Waals surface area contributed by atoms with Crippen LogP contribution in [0.4, 0.5) is 0 Å². The maximum Gasteiger partial charge on any atom is 0.253 e. The van der Waals surface area contributed by atoms with Gasteiger partial charge in [-0.2, -0.15) is 0 Å². The lowest BCUT2D eigenvalue weighted by molar-refractivity contribution is -0.125. The number of hydrogen-bond donors (Lipinski definition) is 2. The molecule has 1 spiro atoms. The first-order chi connectivity index (χ1) is 7.66. The van der Waals surface area contributed by atoms with Crippen LogP contribution in [-0.2, 0) is 4.79 Å². The van der Waals surface area contributed by atoms with Gasteiger partial charge in [-0.1, -0.05) is 6.92 Å². The molecule has 0 bridgehead atoms. The molecule has 2 fully saturated rings. The van der Waals surface area contributed by atoms with Gasteiger partial charge in [0, 0.05) is 13.1 Å². The summed E-state index contributed by atoms with van der Waals surface area (Å²) >= 11 is 0. The summed E-state index contributed by atoms with van der Waals surface area (Å²) in [6.45, 7) is 4.67. The molecular formula is C11H20N4O. The minimum absolute atomic E-state index is 0.0777. The van der Waals surface area contributed by atoms with Crippen molar-refractivity contribution in [1.29, 1.82) is 0 Å². The van der Waals surface area contributed by atoms with Crippen LogP contribution in [-0.4, -0.2) is 49.0 Å². The summed E-state index contributed by atoms with van der Waals surface area (Å²) in [4.78, 5) is 18.5. The largest absolute Gasteiger partial charge is 0.341 e. The van der Waals surface area contributed by atoms with E-state index in [1.54, 1.807) is 0 Å². The van der Waals surface area contributed by atoms with Crippen molar-refractivity contribution in [3.8, 4) is 0 Å². The van der Waals surface area contributed by atoms with E-state index in [-0.39, 0.29) is 5.91 Å². The lowest BCUT2D eigenvalue weighted by atomic mass is 9.89. The van der Waals surface area contributed by atoms with Crippen LogP contribution in [0, 0.1) is 0 Å². The zero-order chi connectivity index (χ0) is 11.6. The molecule has 1 atom stereocenters. The van der Waals surface area contributed by atoms with Gasteiger partial charge in [0.25, 0.3) is 5.91 Å². The Morgan fingerprint density at radius 3 is 3.06 bits per heavy atom. The van der Waals surface area contributed by atoms with Crippen molar-refractivity contribution in [1.82, 2.24) is 15.5 Å². The number of likely N-dealkylation sites (tertiary alicyclic amines) is 1. The van der Waals surface area contributed by atoms with E-state index >= 15 is 0 Å². The molecule has 2 saturated heterocycles. The average Bonchev–Trinajstić information content (AvgIpc) is 2.53. The van der Waals surface area contributed by atoms with Gasteiger partial charge in [0.2, 0.25) is 0 Å². The number of aliphatic imine (C=N–C) groups is 1. The van der Waals surface area contributed by atoms with E-state index in [4.69, 9.17) is 0 Å². The van der Waals surface area contributed by atoms with Crippen molar-refractivity contribution >= 4 is 11.9 Å². The molecule has 0 radical (unpaired) electrons. The maximum absolute atomic E-state index is 12.0. The molecule has 2 heterocycles. The van der Waals surface area contributed by atoms with Crippen molar-refractivity contribution < 1.29 is 4.79 Å². The predicted octanol–water partition coefficient (Wildman–Crippen LogP) is -0.0638. The monoisotopic (exact) mass is 224 g/mol. The standard InChI is InChI=1S/C11H20N4O/c1-3-6-12-10-13-9(16)11(14-10)5-4-7-15(2)8-11/h3-8H2,1-2H3,(H2,12,13,14,16). The van der Waals surface area contributed by atoms with E-state index < -0.39 is 5.54 Å². The Balaban J connectivity index is 2.08. The Hall–Kier alpha value is -1.10. The minimum Gasteiger partial charge on any atom is -0.341 e. The summed E-state index contributed by atoms with van der Waals surface area (Å²) in [7, 11) is 2.05. The molecule has 1 amide bonds. The summed E-state index contributed by atoms with van der Waals surface area (Å²) in [6, 6.07) is 0. The van der Waals surface area contributed by atoms with Crippen molar-refractivity contribution in [2.75, 3.05) is 26.7 Å². The third-order valence-corrected chi connectivity index (χ3v) is 3.20. The minimum atomic E-state index is -0.431. The normalized spacial score (nSPS) is 33.1. The Kier molecular flexibility index (Phi) is 3.14. The molecule has 5 nitrogen and oxygen atoms in total. The van der Waals surface area contributed by atoms with Crippen LogP contribution in [0.15, 0.2) is 4.99 Å². The van der Waals surface area contributed by atoms with Crippen LogP contribution in [0.1, 0.15) is 26.2 Å². The van der Waals surface area contributed by atoms with E-state index in [9.17, 15) is 4.79 Å². The van der Waals surface area contributed by atoms with E-state index in [0.717, 1.165) is 38.9 Å². The number of hydrogen-bond acceptors (Lipinski definition) is 3. The third-order valence-electron chi connectivity index (χ3n) is 3.20. The molecule has 1 unspecified atom stereocenters. The topological polar surface area (TPSA) is 56.7 Å². The molecule has 2 N–H and O–H groups in total. The molecule has 2 aliphatic heterocycles. The molecular weight excluding hydrogens is 204 g/mol. The van der Waals surface area contributed by atoms with Gasteiger partial charge >= 0.3 is 0 Å². The van der Waals surface area contributed by atoms with Gasteiger partial charge in [-0.05, 0) is 32.9 Å². The van der Waals surface area contributed by atoms with E-state index in [2.05, 4.69) is 34.5 Å². The van der Waals surface area contributed by atoms with Crippen LogP contribution in [0.2, 0.25) is 0 Å². The second-order valence-corrected chi connectivity index (χ2v) is 4.73. The molecule has 0 aliphatic carbocycles. The van der Waals surface area contributed by atoms with Crippen molar-refractivity contribution in [3.05, 3.63) is 0 Å². The summed E-state index contributed by atoms with van der Waals surface area (Å²) in [6.07, 6.45) is 2.94. The lowest BCUT2D eigenvalue weighted by Crippen LogP contribution is -2.57. The van der Waals surface area contributed by atoms with E-state index in [1.165, 1.54) is 0 Å². The number of nitrogens with one attached hydrogen (secondary N) is 2. The Morgan fingerprint density at radius 2 is 2.38 bits per heavy atom. The highest BCUT2D eigenvalue weighted by Gasteiger charge is 2.46. The number of guanidine groups is 1. The fourth-order valence-corrected chi connectivity index (χ4v) is 2.40. The van der Waals surface area contributed by atoms with Crippen LogP contribution >= 0.6 is 0 Å². The smallest absolute Gasteiger partial charge is 0.253 e. The number of likely N-dealkylation sites (N-methyl/N-ethyl adjacent to an activating group) is 1. The third kappa shape index (κ3) is 2.04. The molecule has 90 valence electrons. The molecule has 5 heteroatoms. The fraction of sp³-hybridized carbons (Fsp3) is 0.818. The van der Waals surface area contributed by atoms with E-state index in [0.29, 0.717) is 5.96 Å². The number of nitrogens with zero attached hydrogens (tertiary/aromatic N) is 2. The van der Waals surface area contributed by atoms with Gasteiger partial charge in [0.1, 0.15) is 5.54 Å². The summed E-state index contributed by atoms with van der Waals surface area (Å²) in [5.41, 5.74) is -0.431. The Labute approximate surface area is 96.3 Å².